The lowest BCUT2D eigenvalue weighted by Crippen LogP contribution is -2.23. The van der Waals surface area contributed by atoms with E-state index in [0.29, 0.717) is 7.92 Å². The maximum Gasteiger partial charge on any atom is -0.0207 e. The summed E-state index contributed by atoms with van der Waals surface area (Å²) in [7, 11) is 0.364. The molecule has 0 saturated heterocycles. The second-order valence-corrected chi connectivity index (χ2v) is 9.53. The molecule has 0 aromatic rings. The highest BCUT2D eigenvalue weighted by Gasteiger charge is 2.30. The van der Waals surface area contributed by atoms with Crippen LogP contribution >= 0.6 is 7.92 Å². The molecule has 1 heteroatoms. The number of rotatable bonds is 4. The fraction of sp³-hybridized carbons (Fsp3) is 1.00. The van der Waals surface area contributed by atoms with Crippen molar-refractivity contribution in [2.24, 2.45) is 5.92 Å². The summed E-state index contributed by atoms with van der Waals surface area (Å²) >= 11 is 0. The highest BCUT2D eigenvalue weighted by atomic mass is 31.1. The maximum absolute atomic E-state index is 2.45. The largest absolute Gasteiger partial charge is 0.100 e. The fourth-order valence-corrected chi connectivity index (χ4v) is 7.94. The molecule has 17 heavy (non-hydrogen) atoms. The first kappa shape index (κ1) is 13.9. The van der Waals surface area contributed by atoms with Crippen LogP contribution in [0.4, 0.5) is 0 Å². The lowest BCUT2D eigenvalue weighted by molar-refractivity contribution is 0.482. The fourth-order valence-electron chi connectivity index (χ4n) is 3.84. The molecule has 0 spiro atoms. The van der Waals surface area contributed by atoms with Crippen LogP contribution in [0.1, 0.15) is 78.1 Å². The third kappa shape index (κ3) is 4.23. The van der Waals surface area contributed by atoms with E-state index in [0.717, 1.165) is 17.2 Å². The van der Waals surface area contributed by atoms with E-state index in [1.165, 1.54) is 38.5 Å². The van der Waals surface area contributed by atoms with E-state index in [1.807, 2.05) is 0 Å². The highest BCUT2D eigenvalue weighted by molar-refractivity contribution is 7.59. The maximum atomic E-state index is 2.45. The molecule has 0 aromatic carbocycles. The smallest absolute Gasteiger partial charge is 0.0207 e. The second kappa shape index (κ2) is 7.13. The zero-order valence-electron chi connectivity index (χ0n) is 12.0. The Labute approximate surface area is 110 Å². The van der Waals surface area contributed by atoms with E-state index in [9.17, 15) is 0 Å². The van der Waals surface area contributed by atoms with Gasteiger partial charge in [0.1, 0.15) is 0 Å². The lowest BCUT2D eigenvalue weighted by atomic mass is 9.99. The van der Waals surface area contributed by atoms with E-state index >= 15 is 0 Å². The van der Waals surface area contributed by atoms with Crippen LogP contribution in [0, 0.1) is 5.92 Å². The van der Waals surface area contributed by atoms with Crippen molar-refractivity contribution in [1.82, 2.24) is 0 Å². The Hall–Kier alpha value is 0.430. The average molecular weight is 254 g/mol. The molecule has 0 aromatic heterocycles. The zero-order valence-corrected chi connectivity index (χ0v) is 12.9. The Morgan fingerprint density at radius 1 is 0.765 bits per heavy atom. The van der Waals surface area contributed by atoms with Crippen LogP contribution in [0.3, 0.4) is 0 Å². The van der Waals surface area contributed by atoms with Gasteiger partial charge in [-0.2, -0.15) is 0 Å². The Kier molecular flexibility index (Phi) is 5.81. The van der Waals surface area contributed by atoms with Gasteiger partial charge in [0.05, 0.1) is 0 Å². The molecule has 2 aliphatic rings. The third-order valence-electron chi connectivity index (χ3n) is 4.66. The Bertz CT molecular complexity index is 182. The van der Waals surface area contributed by atoms with Crippen molar-refractivity contribution in [1.29, 1.82) is 0 Å². The first-order valence-electron chi connectivity index (χ1n) is 8.03. The van der Waals surface area contributed by atoms with Crippen LogP contribution < -0.4 is 0 Å². The summed E-state index contributed by atoms with van der Waals surface area (Å²) in [6.07, 6.45) is 17.1. The van der Waals surface area contributed by atoms with E-state index in [4.69, 9.17) is 0 Å². The molecule has 2 saturated carbocycles. The van der Waals surface area contributed by atoms with Gasteiger partial charge in [0.25, 0.3) is 0 Å². The van der Waals surface area contributed by atoms with Gasteiger partial charge in [-0.1, -0.05) is 52.4 Å². The summed E-state index contributed by atoms with van der Waals surface area (Å²) in [4.78, 5) is 0. The molecule has 0 atom stereocenters. The summed E-state index contributed by atoms with van der Waals surface area (Å²) in [6.45, 7) is 4.89. The van der Waals surface area contributed by atoms with Crippen LogP contribution in [-0.2, 0) is 0 Å². The summed E-state index contributed by atoms with van der Waals surface area (Å²) < 4.78 is 0. The van der Waals surface area contributed by atoms with Crippen molar-refractivity contribution < 1.29 is 0 Å². The van der Waals surface area contributed by atoms with Gasteiger partial charge in [0.2, 0.25) is 0 Å². The Morgan fingerprint density at radius 3 is 1.53 bits per heavy atom. The van der Waals surface area contributed by atoms with Gasteiger partial charge in [-0.3, -0.25) is 0 Å². The Balaban J connectivity index is 1.95. The summed E-state index contributed by atoms with van der Waals surface area (Å²) in [5, 5.41) is 0. The van der Waals surface area contributed by atoms with Gasteiger partial charge in [-0.15, -0.1) is 7.92 Å². The normalized spacial score (nSPS) is 24.7. The molecule has 0 unspecified atom stereocenters. The van der Waals surface area contributed by atoms with Crippen molar-refractivity contribution >= 4 is 7.92 Å². The molecule has 2 aliphatic carbocycles. The molecule has 2 fully saturated rings. The topological polar surface area (TPSA) is 0 Å². The highest BCUT2D eigenvalue weighted by Crippen LogP contribution is 2.56. The van der Waals surface area contributed by atoms with Gasteiger partial charge in [0.15, 0.2) is 0 Å². The molecule has 0 amide bonds. The summed E-state index contributed by atoms with van der Waals surface area (Å²) in [5.74, 6) is 0.935. The lowest BCUT2D eigenvalue weighted by Gasteiger charge is -2.39. The second-order valence-electron chi connectivity index (χ2n) is 6.67. The summed E-state index contributed by atoms with van der Waals surface area (Å²) in [6, 6.07) is 0. The van der Waals surface area contributed by atoms with E-state index in [-0.39, 0.29) is 0 Å². The van der Waals surface area contributed by atoms with Crippen LogP contribution in [0.15, 0.2) is 0 Å². The molecular weight excluding hydrogens is 223 g/mol. The van der Waals surface area contributed by atoms with Gasteiger partial charge in [0, 0.05) is 0 Å². The molecule has 0 aliphatic heterocycles. The van der Waals surface area contributed by atoms with Crippen LogP contribution in [0.2, 0.25) is 0 Å². The molecule has 2 rings (SSSR count). The summed E-state index contributed by atoms with van der Waals surface area (Å²) in [5.41, 5.74) is 2.31. The van der Waals surface area contributed by atoms with Gasteiger partial charge < -0.3 is 0 Å². The van der Waals surface area contributed by atoms with Crippen LogP contribution in [0.25, 0.3) is 0 Å². The SMILES string of the molecule is CC(C)CP(C1CCCCC1)C1CCCCC1. The molecule has 0 bridgehead atoms. The van der Waals surface area contributed by atoms with Crippen molar-refractivity contribution in [2.75, 3.05) is 6.16 Å². The predicted molar refractivity (Wildman–Crippen MR) is 80.4 cm³/mol. The predicted octanol–water partition coefficient (Wildman–Crippen LogP) is 5.79. The first-order valence-corrected chi connectivity index (χ1v) is 9.69. The number of hydrogen-bond donors (Lipinski definition) is 0. The molecule has 0 heterocycles. The van der Waals surface area contributed by atoms with Crippen molar-refractivity contribution in [3.05, 3.63) is 0 Å². The number of hydrogen-bond acceptors (Lipinski definition) is 0. The van der Waals surface area contributed by atoms with Crippen molar-refractivity contribution in [2.45, 2.75) is 89.4 Å². The molecule has 0 N–H and O–H groups in total. The average Bonchev–Trinajstić information content (AvgIpc) is 2.38. The minimum atomic E-state index is 0.364. The van der Waals surface area contributed by atoms with Gasteiger partial charge >= 0.3 is 0 Å². The molecular formula is C16H31P. The van der Waals surface area contributed by atoms with Gasteiger partial charge in [-0.05, 0) is 49.1 Å². The Morgan fingerprint density at radius 2 is 1.18 bits per heavy atom. The third-order valence-corrected chi connectivity index (χ3v) is 8.72. The molecule has 0 nitrogen and oxygen atoms in total. The first-order chi connectivity index (χ1) is 8.27. The van der Waals surface area contributed by atoms with E-state index in [2.05, 4.69) is 13.8 Å². The minimum Gasteiger partial charge on any atom is -0.100 e. The van der Waals surface area contributed by atoms with Crippen LogP contribution in [-0.4, -0.2) is 17.5 Å². The van der Waals surface area contributed by atoms with Crippen molar-refractivity contribution in [3.63, 3.8) is 0 Å². The quantitative estimate of drug-likeness (QED) is 0.557. The monoisotopic (exact) mass is 254 g/mol. The zero-order chi connectivity index (χ0) is 12.1. The van der Waals surface area contributed by atoms with E-state index in [1.54, 1.807) is 31.8 Å². The van der Waals surface area contributed by atoms with E-state index < -0.39 is 0 Å². The van der Waals surface area contributed by atoms with Gasteiger partial charge in [-0.25, -0.2) is 0 Å². The van der Waals surface area contributed by atoms with Crippen molar-refractivity contribution in [3.8, 4) is 0 Å². The molecule has 0 radical (unpaired) electrons. The minimum absolute atomic E-state index is 0.364. The standard InChI is InChI=1S/C16H31P/c1-14(2)13-17(15-9-5-3-6-10-15)16-11-7-4-8-12-16/h14-16H,3-13H2,1-2H3. The molecule has 100 valence electrons. The van der Waals surface area contributed by atoms with Crippen LogP contribution in [0.5, 0.6) is 0 Å².